The lowest BCUT2D eigenvalue weighted by Crippen LogP contribution is -2.38. The third kappa shape index (κ3) is 11.7. The Kier molecular flexibility index (Phi) is 11.0. The summed E-state index contributed by atoms with van der Waals surface area (Å²) in [7, 11) is 0.275. The summed E-state index contributed by atoms with van der Waals surface area (Å²) in [6.45, 7) is 5.38. The lowest BCUT2D eigenvalue weighted by atomic mass is 10.1. The van der Waals surface area contributed by atoms with Gasteiger partial charge in [0.1, 0.15) is 15.6 Å². The fourth-order valence-corrected chi connectivity index (χ4v) is 2.63. The van der Waals surface area contributed by atoms with Gasteiger partial charge >= 0.3 is 0 Å². The molecule has 0 bridgehead atoms. The van der Waals surface area contributed by atoms with Gasteiger partial charge in [-0.3, -0.25) is 0 Å². The summed E-state index contributed by atoms with van der Waals surface area (Å²) in [6.07, 6.45) is 6.94. The highest BCUT2D eigenvalue weighted by Gasteiger charge is 2.10. The van der Waals surface area contributed by atoms with Gasteiger partial charge in [-0.1, -0.05) is 43.9 Å². The van der Waals surface area contributed by atoms with Crippen LogP contribution in [-0.2, 0) is 10.1 Å². The molecule has 0 unspecified atom stereocenters. The monoisotopic (exact) mass is 407 g/mol. The highest BCUT2D eigenvalue weighted by atomic mass is 79.9. The first kappa shape index (κ1) is 22.6. The predicted octanol–water partition coefficient (Wildman–Crippen LogP) is 4.28. The second-order valence-electron chi connectivity index (χ2n) is 6.46. The molecule has 0 heterocycles. The van der Waals surface area contributed by atoms with E-state index in [0.717, 1.165) is 15.5 Å². The number of benzene rings is 1. The first-order valence-corrected chi connectivity index (χ1v) is 10.6. The van der Waals surface area contributed by atoms with E-state index in [1.165, 1.54) is 50.8 Å². The molecular weight excluding hydrogens is 378 g/mol. The van der Waals surface area contributed by atoms with E-state index in [1.54, 1.807) is 12.1 Å². The molecule has 0 amide bonds. The molecule has 0 N–H and O–H groups in total. The topological polar surface area (TPSA) is 57.2 Å². The molecule has 6 heteroatoms. The first-order valence-electron chi connectivity index (χ1n) is 8.03. The van der Waals surface area contributed by atoms with Crippen molar-refractivity contribution in [3.63, 3.8) is 0 Å². The molecule has 0 saturated carbocycles. The highest BCUT2D eigenvalue weighted by molar-refractivity contribution is 9.09. The number of nitrogens with zero attached hydrogens (tertiary/aromatic N) is 1. The van der Waals surface area contributed by atoms with Crippen LogP contribution in [0.15, 0.2) is 29.2 Å². The maximum Gasteiger partial charge on any atom is 0.133 e. The number of halogens is 1. The molecule has 0 aromatic heterocycles. The van der Waals surface area contributed by atoms with Crippen molar-refractivity contribution in [1.29, 1.82) is 0 Å². The summed E-state index contributed by atoms with van der Waals surface area (Å²) in [5.41, 5.74) is 2.00. The van der Waals surface area contributed by atoms with E-state index in [2.05, 4.69) is 36.9 Å². The minimum absolute atomic E-state index is 0.178. The van der Waals surface area contributed by atoms with Crippen LogP contribution in [0.3, 0.4) is 0 Å². The van der Waals surface area contributed by atoms with Gasteiger partial charge in [-0.15, -0.1) is 0 Å². The summed E-state index contributed by atoms with van der Waals surface area (Å²) >= 11 is 3.53. The summed E-state index contributed by atoms with van der Waals surface area (Å²) < 4.78 is 32.3. The average molecular weight is 408 g/mol. The van der Waals surface area contributed by atoms with Gasteiger partial charge in [0, 0.05) is 0 Å². The molecule has 1 rings (SSSR count). The van der Waals surface area contributed by atoms with Gasteiger partial charge in [-0.05, 0) is 47.8 Å². The Morgan fingerprint density at radius 2 is 1.57 bits per heavy atom. The number of hydrogen-bond donors (Lipinski definition) is 0. The molecule has 0 fully saturated rings. The van der Waals surface area contributed by atoms with Crippen molar-refractivity contribution < 1.29 is 17.5 Å². The first-order chi connectivity index (χ1) is 10.6. The van der Waals surface area contributed by atoms with Gasteiger partial charge in [-0.25, -0.2) is 8.42 Å². The van der Waals surface area contributed by atoms with Crippen molar-refractivity contribution in [2.75, 3.05) is 26.1 Å². The van der Waals surface area contributed by atoms with Crippen LogP contribution >= 0.6 is 15.9 Å². The van der Waals surface area contributed by atoms with Crippen LogP contribution in [0.4, 0.5) is 0 Å². The SMILES string of the molecule is CCCCCCC[N+](C)(C)CBr.Cc1ccc(S(=O)(=O)[O-])cc1. The molecule has 0 aliphatic heterocycles. The largest absolute Gasteiger partial charge is 0.744 e. The Morgan fingerprint density at radius 1 is 1.04 bits per heavy atom. The van der Waals surface area contributed by atoms with Gasteiger partial charge in [0.05, 0.1) is 25.5 Å². The molecule has 4 nitrogen and oxygen atoms in total. The average Bonchev–Trinajstić information content (AvgIpc) is 2.47. The Labute approximate surface area is 150 Å². The fourth-order valence-electron chi connectivity index (χ4n) is 1.91. The number of quaternary nitrogens is 1. The zero-order valence-corrected chi connectivity index (χ0v) is 17.1. The number of rotatable bonds is 8. The summed E-state index contributed by atoms with van der Waals surface area (Å²) in [5.74, 6) is 0. The van der Waals surface area contributed by atoms with Crippen molar-refractivity contribution in [2.45, 2.75) is 50.8 Å². The van der Waals surface area contributed by atoms with Crippen molar-refractivity contribution in [2.24, 2.45) is 0 Å². The van der Waals surface area contributed by atoms with Crippen LogP contribution < -0.4 is 0 Å². The molecule has 0 atom stereocenters. The zero-order chi connectivity index (χ0) is 17.9. The van der Waals surface area contributed by atoms with E-state index < -0.39 is 10.1 Å². The van der Waals surface area contributed by atoms with Crippen molar-refractivity contribution in [1.82, 2.24) is 0 Å². The standard InChI is InChI=1S/C10H23BrN.C7H8O3S/c1-4-5-6-7-8-9-12(2,3)10-11;1-6-2-4-7(5-3-6)11(8,9)10/h4-10H2,1-3H3;2-5H,1H3,(H,8,9,10)/q+1;/p-1. The van der Waals surface area contributed by atoms with E-state index in [9.17, 15) is 13.0 Å². The number of aryl methyl sites for hydroxylation is 1. The normalized spacial score (nSPS) is 11.7. The lowest BCUT2D eigenvalue weighted by molar-refractivity contribution is -0.876. The van der Waals surface area contributed by atoms with Gasteiger partial charge in [-0.2, -0.15) is 0 Å². The van der Waals surface area contributed by atoms with Gasteiger partial charge < -0.3 is 9.04 Å². The highest BCUT2D eigenvalue weighted by Crippen LogP contribution is 2.09. The van der Waals surface area contributed by atoms with Crippen LogP contribution in [0, 0.1) is 6.92 Å². The molecule has 1 aromatic carbocycles. The van der Waals surface area contributed by atoms with E-state index in [0.29, 0.717) is 0 Å². The third-order valence-electron chi connectivity index (χ3n) is 3.50. The van der Waals surface area contributed by atoms with E-state index >= 15 is 0 Å². The zero-order valence-electron chi connectivity index (χ0n) is 14.7. The maximum absolute atomic E-state index is 10.4. The van der Waals surface area contributed by atoms with Gasteiger partial charge in [0.15, 0.2) is 0 Å². The van der Waals surface area contributed by atoms with E-state index in [4.69, 9.17) is 0 Å². The smallest absolute Gasteiger partial charge is 0.133 e. The minimum Gasteiger partial charge on any atom is -0.744 e. The van der Waals surface area contributed by atoms with E-state index in [1.807, 2.05) is 6.92 Å². The number of alkyl halides is 1. The maximum atomic E-state index is 10.4. The molecule has 0 aliphatic rings. The number of unbranched alkanes of at least 4 members (excludes halogenated alkanes) is 4. The summed E-state index contributed by atoms with van der Waals surface area (Å²) in [6, 6.07) is 5.78. The molecule has 1 aromatic rings. The van der Waals surface area contributed by atoms with Crippen molar-refractivity contribution >= 4 is 26.0 Å². The van der Waals surface area contributed by atoms with Crippen LogP contribution in [0.25, 0.3) is 0 Å². The minimum atomic E-state index is -4.27. The van der Waals surface area contributed by atoms with Crippen molar-refractivity contribution in [3.05, 3.63) is 29.8 Å². The molecule has 0 spiro atoms. The Hall–Kier alpha value is -0.430. The molecule has 0 saturated heterocycles. The predicted molar refractivity (Wildman–Crippen MR) is 98.7 cm³/mol. The fraction of sp³-hybridized carbons (Fsp3) is 0.647. The Morgan fingerprint density at radius 3 is 2.00 bits per heavy atom. The van der Waals surface area contributed by atoms with Crippen molar-refractivity contribution in [3.8, 4) is 0 Å². The summed E-state index contributed by atoms with van der Waals surface area (Å²) in [5, 5.41) is 0. The molecule has 0 aliphatic carbocycles. The van der Waals surface area contributed by atoms with E-state index in [-0.39, 0.29) is 4.90 Å². The molecule has 0 radical (unpaired) electrons. The second kappa shape index (κ2) is 11.2. The molecule has 23 heavy (non-hydrogen) atoms. The Balaban J connectivity index is 0.000000422. The van der Waals surface area contributed by atoms with Crippen LogP contribution in [-0.4, -0.2) is 43.5 Å². The summed E-state index contributed by atoms with van der Waals surface area (Å²) in [4.78, 5) is -0.178. The Bertz CT molecular complexity index is 527. The molecular formula is C17H30BrNO3S. The quantitative estimate of drug-likeness (QED) is 0.212. The van der Waals surface area contributed by atoms with Crippen LogP contribution in [0.2, 0.25) is 0 Å². The second-order valence-corrected chi connectivity index (χ2v) is 8.34. The van der Waals surface area contributed by atoms with Crippen LogP contribution in [0.1, 0.15) is 44.6 Å². The van der Waals surface area contributed by atoms with Crippen LogP contribution in [0.5, 0.6) is 0 Å². The lowest BCUT2D eigenvalue weighted by Gasteiger charge is -2.26. The third-order valence-corrected chi connectivity index (χ3v) is 5.71. The molecule has 134 valence electrons. The number of hydrogen-bond acceptors (Lipinski definition) is 3. The van der Waals surface area contributed by atoms with Gasteiger partial charge in [0.25, 0.3) is 0 Å². The van der Waals surface area contributed by atoms with Gasteiger partial charge in [0.2, 0.25) is 0 Å².